The lowest BCUT2D eigenvalue weighted by Gasteiger charge is -2.33. The third kappa shape index (κ3) is 3.39. The number of carbonyl (C=O) groups excluding carboxylic acids is 2. The molecular formula is C18H25N3O2. The molecule has 1 N–H and O–H groups in total. The van der Waals surface area contributed by atoms with Crippen LogP contribution in [0.5, 0.6) is 0 Å². The molecule has 0 spiro atoms. The number of amides is 2. The molecule has 0 radical (unpaired) electrons. The van der Waals surface area contributed by atoms with E-state index in [1.807, 2.05) is 36.1 Å². The van der Waals surface area contributed by atoms with Crippen molar-refractivity contribution in [3.8, 4) is 0 Å². The van der Waals surface area contributed by atoms with E-state index in [0.29, 0.717) is 18.4 Å². The van der Waals surface area contributed by atoms with E-state index in [9.17, 15) is 9.59 Å². The summed E-state index contributed by atoms with van der Waals surface area (Å²) >= 11 is 0. The molecule has 2 aliphatic rings. The molecule has 23 heavy (non-hydrogen) atoms. The molecule has 1 aromatic carbocycles. The molecule has 0 unspecified atom stereocenters. The number of rotatable bonds is 3. The van der Waals surface area contributed by atoms with E-state index in [4.69, 9.17) is 0 Å². The second-order valence-corrected chi connectivity index (χ2v) is 6.74. The summed E-state index contributed by atoms with van der Waals surface area (Å²) in [5.74, 6) is 1.27. The van der Waals surface area contributed by atoms with Gasteiger partial charge in [0.1, 0.15) is 0 Å². The zero-order chi connectivity index (χ0) is 16.4. The fraction of sp³-hybridized carbons (Fsp3) is 0.556. The van der Waals surface area contributed by atoms with Gasteiger partial charge in [-0.3, -0.25) is 14.5 Å². The zero-order valence-electron chi connectivity index (χ0n) is 13.9. The fourth-order valence-corrected chi connectivity index (χ4v) is 3.82. The Morgan fingerprint density at radius 1 is 1.17 bits per heavy atom. The third-order valence-electron chi connectivity index (χ3n) is 5.19. The molecule has 0 aromatic heterocycles. The molecule has 2 aliphatic heterocycles. The number of carbonyl (C=O) groups is 2. The van der Waals surface area contributed by atoms with Crippen LogP contribution in [0.1, 0.15) is 22.3 Å². The van der Waals surface area contributed by atoms with Crippen LogP contribution in [-0.4, -0.2) is 61.4 Å². The van der Waals surface area contributed by atoms with Crippen molar-refractivity contribution in [3.05, 3.63) is 35.4 Å². The van der Waals surface area contributed by atoms with Gasteiger partial charge < -0.3 is 10.2 Å². The lowest BCUT2D eigenvalue weighted by molar-refractivity contribution is -0.122. The van der Waals surface area contributed by atoms with Crippen molar-refractivity contribution >= 4 is 11.8 Å². The van der Waals surface area contributed by atoms with Crippen LogP contribution in [0.3, 0.4) is 0 Å². The average Bonchev–Trinajstić information content (AvgIpc) is 2.97. The number of piperidine rings is 1. The molecule has 2 saturated heterocycles. The van der Waals surface area contributed by atoms with Crippen molar-refractivity contribution in [1.29, 1.82) is 0 Å². The standard InChI is InChI=1S/C18H25N3O2/c1-13-5-3-4-6-16(13)18(23)21-10-14-7-8-20(9-15(14)11-21)12-17(22)19-2/h3-6,14-15H,7-12H2,1-2H3,(H,19,22)/t14-,15+/m0/s1. The van der Waals surface area contributed by atoms with Crippen molar-refractivity contribution in [2.24, 2.45) is 11.8 Å². The van der Waals surface area contributed by atoms with Gasteiger partial charge in [0.2, 0.25) is 5.91 Å². The van der Waals surface area contributed by atoms with Crippen molar-refractivity contribution in [2.45, 2.75) is 13.3 Å². The Morgan fingerprint density at radius 3 is 2.65 bits per heavy atom. The smallest absolute Gasteiger partial charge is 0.254 e. The first-order valence-electron chi connectivity index (χ1n) is 8.36. The van der Waals surface area contributed by atoms with Gasteiger partial charge >= 0.3 is 0 Å². The second kappa shape index (κ2) is 6.71. The normalized spacial score (nSPS) is 24.3. The van der Waals surface area contributed by atoms with Gasteiger partial charge in [-0.1, -0.05) is 18.2 Å². The van der Waals surface area contributed by atoms with Gasteiger partial charge in [0.05, 0.1) is 6.54 Å². The first-order chi connectivity index (χ1) is 11.1. The van der Waals surface area contributed by atoms with Gasteiger partial charge in [-0.25, -0.2) is 0 Å². The summed E-state index contributed by atoms with van der Waals surface area (Å²) in [7, 11) is 1.67. The summed E-state index contributed by atoms with van der Waals surface area (Å²) in [6, 6.07) is 7.79. The predicted octanol–water partition coefficient (Wildman–Crippen LogP) is 1.13. The van der Waals surface area contributed by atoms with E-state index in [2.05, 4.69) is 10.2 Å². The number of hydrogen-bond acceptors (Lipinski definition) is 3. The summed E-state index contributed by atoms with van der Waals surface area (Å²) < 4.78 is 0. The average molecular weight is 315 g/mol. The maximum absolute atomic E-state index is 12.8. The Bertz CT molecular complexity index is 602. The number of likely N-dealkylation sites (N-methyl/N-ethyl adjacent to an activating group) is 1. The van der Waals surface area contributed by atoms with Gasteiger partial charge in [0.25, 0.3) is 5.91 Å². The number of likely N-dealkylation sites (tertiary alicyclic amines) is 2. The zero-order valence-corrected chi connectivity index (χ0v) is 13.9. The molecule has 2 atom stereocenters. The van der Waals surface area contributed by atoms with Gasteiger partial charge in [-0.2, -0.15) is 0 Å². The van der Waals surface area contributed by atoms with Crippen LogP contribution in [0.2, 0.25) is 0 Å². The van der Waals surface area contributed by atoms with Crippen molar-refractivity contribution in [1.82, 2.24) is 15.1 Å². The summed E-state index contributed by atoms with van der Waals surface area (Å²) in [5, 5.41) is 2.68. The van der Waals surface area contributed by atoms with Crippen LogP contribution in [0.4, 0.5) is 0 Å². The summed E-state index contributed by atoms with van der Waals surface area (Å²) in [6.07, 6.45) is 1.07. The molecule has 1 aromatic rings. The lowest BCUT2D eigenvalue weighted by atomic mass is 9.89. The summed E-state index contributed by atoms with van der Waals surface area (Å²) in [6.45, 7) is 5.97. The molecule has 0 saturated carbocycles. The Kier molecular flexibility index (Phi) is 4.66. The largest absolute Gasteiger partial charge is 0.358 e. The van der Waals surface area contributed by atoms with Crippen molar-refractivity contribution < 1.29 is 9.59 Å². The molecule has 0 aliphatic carbocycles. The molecule has 2 amide bonds. The minimum Gasteiger partial charge on any atom is -0.358 e. The van der Waals surface area contributed by atoms with Gasteiger partial charge in [0.15, 0.2) is 0 Å². The number of nitrogens with one attached hydrogen (secondary N) is 1. The van der Waals surface area contributed by atoms with Crippen LogP contribution in [0.15, 0.2) is 24.3 Å². The molecule has 2 heterocycles. The van der Waals surface area contributed by atoms with Gasteiger partial charge in [-0.05, 0) is 43.4 Å². The first-order valence-corrected chi connectivity index (χ1v) is 8.36. The van der Waals surface area contributed by atoms with E-state index < -0.39 is 0 Å². The van der Waals surface area contributed by atoms with E-state index in [1.165, 1.54) is 0 Å². The van der Waals surface area contributed by atoms with Crippen LogP contribution in [0, 0.1) is 18.8 Å². The molecule has 124 valence electrons. The Labute approximate surface area is 137 Å². The predicted molar refractivity (Wildman–Crippen MR) is 89.2 cm³/mol. The maximum Gasteiger partial charge on any atom is 0.254 e. The van der Waals surface area contributed by atoms with E-state index in [0.717, 1.165) is 43.7 Å². The topological polar surface area (TPSA) is 52.7 Å². The van der Waals surface area contributed by atoms with Gasteiger partial charge in [-0.15, -0.1) is 0 Å². The highest BCUT2D eigenvalue weighted by molar-refractivity contribution is 5.95. The van der Waals surface area contributed by atoms with Crippen molar-refractivity contribution in [3.63, 3.8) is 0 Å². The molecule has 5 nitrogen and oxygen atoms in total. The molecule has 0 bridgehead atoms. The number of aryl methyl sites for hydroxylation is 1. The highest BCUT2D eigenvalue weighted by Crippen LogP contribution is 2.32. The third-order valence-corrected chi connectivity index (χ3v) is 5.19. The Balaban J connectivity index is 1.63. The number of hydrogen-bond donors (Lipinski definition) is 1. The van der Waals surface area contributed by atoms with Gasteiger partial charge in [0, 0.05) is 32.2 Å². The molecule has 3 rings (SSSR count). The Hall–Kier alpha value is -1.88. The SMILES string of the molecule is CNC(=O)CN1CC[C@H]2CN(C(=O)c3ccccc3C)C[C@H]2C1. The van der Waals surface area contributed by atoms with Crippen LogP contribution < -0.4 is 5.32 Å². The summed E-state index contributed by atoms with van der Waals surface area (Å²) in [4.78, 5) is 28.5. The van der Waals surface area contributed by atoms with Crippen LogP contribution >= 0.6 is 0 Å². The lowest BCUT2D eigenvalue weighted by Crippen LogP contribution is -2.44. The highest BCUT2D eigenvalue weighted by Gasteiger charge is 2.39. The molecular weight excluding hydrogens is 290 g/mol. The monoisotopic (exact) mass is 315 g/mol. The molecule has 2 fully saturated rings. The number of fused-ring (bicyclic) bond motifs is 1. The first kappa shape index (κ1) is 16.0. The number of nitrogens with zero attached hydrogens (tertiary/aromatic N) is 2. The summed E-state index contributed by atoms with van der Waals surface area (Å²) in [5.41, 5.74) is 1.85. The molecule has 5 heteroatoms. The Morgan fingerprint density at radius 2 is 1.91 bits per heavy atom. The second-order valence-electron chi connectivity index (χ2n) is 6.74. The van der Waals surface area contributed by atoms with Crippen LogP contribution in [0.25, 0.3) is 0 Å². The quantitative estimate of drug-likeness (QED) is 0.910. The fourth-order valence-electron chi connectivity index (χ4n) is 3.82. The van der Waals surface area contributed by atoms with E-state index in [-0.39, 0.29) is 11.8 Å². The minimum absolute atomic E-state index is 0.0642. The van der Waals surface area contributed by atoms with Crippen LogP contribution in [-0.2, 0) is 4.79 Å². The maximum atomic E-state index is 12.8. The highest BCUT2D eigenvalue weighted by atomic mass is 16.2. The van der Waals surface area contributed by atoms with E-state index in [1.54, 1.807) is 7.05 Å². The minimum atomic E-state index is 0.0642. The van der Waals surface area contributed by atoms with Crippen molar-refractivity contribution in [2.75, 3.05) is 39.8 Å². The number of benzene rings is 1. The van der Waals surface area contributed by atoms with E-state index >= 15 is 0 Å².